The Bertz CT molecular complexity index is 693. The van der Waals surface area contributed by atoms with E-state index in [4.69, 9.17) is 4.74 Å². The van der Waals surface area contributed by atoms with Crippen molar-refractivity contribution in [1.82, 2.24) is 9.88 Å². The maximum Gasteiger partial charge on any atom is 0.241 e. The Balaban J connectivity index is 1.70. The number of nitrogens with one attached hydrogen (secondary N) is 2. The summed E-state index contributed by atoms with van der Waals surface area (Å²) >= 11 is 0. The molecule has 1 fully saturated rings. The smallest absolute Gasteiger partial charge is 0.241 e. The van der Waals surface area contributed by atoms with Crippen molar-refractivity contribution >= 4 is 22.5 Å². The van der Waals surface area contributed by atoms with Crippen molar-refractivity contribution in [2.45, 2.75) is 39.0 Å². The van der Waals surface area contributed by atoms with Crippen LogP contribution in [-0.2, 0) is 16.1 Å². The molecule has 1 aromatic carbocycles. The Morgan fingerprint density at radius 2 is 2.26 bits per heavy atom. The molecule has 124 valence electrons. The number of hydrogen-bond donors (Lipinski definition) is 2. The van der Waals surface area contributed by atoms with Gasteiger partial charge in [-0.15, -0.1) is 0 Å². The Kier molecular flexibility index (Phi) is 4.68. The highest BCUT2D eigenvalue weighted by Gasteiger charge is 2.29. The van der Waals surface area contributed by atoms with Crippen molar-refractivity contribution in [3.05, 3.63) is 30.5 Å². The average molecular weight is 315 g/mol. The maximum absolute atomic E-state index is 12.3. The molecule has 2 heterocycles. The van der Waals surface area contributed by atoms with Gasteiger partial charge in [0.15, 0.2) is 0 Å². The quantitative estimate of drug-likeness (QED) is 0.892. The van der Waals surface area contributed by atoms with E-state index in [9.17, 15) is 4.79 Å². The minimum Gasteiger partial charge on any atom is -0.380 e. The van der Waals surface area contributed by atoms with Gasteiger partial charge in [-0.1, -0.05) is 13.8 Å². The Morgan fingerprint density at radius 1 is 1.43 bits per heavy atom. The van der Waals surface area contributed by atoms with Gasteiger partial charge >= 0.3 is 0 Å². The molecule has 1 saturated heterocycles. The molecule has 0 spiro atoms. The molecular formula is C18H25N3O2. The van der Waals surface area contributed by atoms with Crippen LogP contribution in [0.25, 0.3) is 10.9 Å². The predicted molar refractivity (Wildman–Crippen MR) is 92.6 cm³/mol. The monoisotopic (exact) mass is 315 g/mol. The second-order valence-corrected chi connectivity index (χ2v) is 6.68. The van der Waals surface area contributed by atoms with E-state index in [0.29, 0.717) is 5.92 Å². The zero-order valence-electron chi connectivity index (χ0n) is 14.0. The van der Waals surface area contributed by atoms with Crippen molar-refractivity contribution in [3.8, 4) is 0 Å². The highest BCUT2D eigenvalue weighted by molar-refractivity contribution is 5.97. The Morgan fingerprint density at radius 3 is 2.96 bits per heavy atom. The first-order chi connectivity index (χ1) is 11.1. The number of anilines is 1. The fourth-order valence-corrected chi connectivity index (χ4v) is 3.14. The van der Waals surface area contributed by atoms with E-state index in [1.807, 2.05) is 12.1 Å². The third-order valence-corrected chi connectivity index (χ3v) is 4.34. The molecule has 2 N–H and O–H groups in total. The maximum atomic E-state index is 12.3. The highest BCUT2D eigenvalue weighted by atomic mass is 16.5. The van der Waals surface area contributed by atoms with Crippen LogP contribution < -0.4 is 10.6 Å². The zero-order valence-corrected chi connectivity index (χ0v) is 14.0. The van der Waals surface area contributed by atoms with E-state index >= 15 is 0 Å². The minimum atomic E-state index is -0.179. The van der Waals surface area contributed by atoms with Crippen LogP contribution in [-0.4, -0.2) is 36.3 Å². The molecule has 5 nitrogen and oxygen atoms in total. The molecule has 1 aliphatic rings. The number of aromatic nitrogens is 1. The van der Waals surface area contributed by atoms with E-state index in [-0.39, 0.29) is 18.1 Å². The molecule has 1 amide bonds. The summed E-state index contributed by atoms with van der Waals surface area (Å²) in [6, 6.07) is 8.00. The van der Waals surface area contributed by atoms with Gasteiger partial charge in [0.1, 0.15) is 0 Å². The number of methoxy groups -OCH3 is 1. The lowest BCUT2D eigenvalue weighted by molar-refractivity contribution is -0.118. The van der Waals surface area contributed by atoms with Crippen LogP contribution >= 0.6 is 0 Å². The molecule has 0 saturated carbocycles. The second-order valence-electron chi connectivity index (χ2n) is 6.68. The number of nitrogens with zero attached hydrogens (tertiary/aromatic N) is 1. The number of ether oxygens (including phenoxy) is 1. The minimum absolute atomic E-state index is 0.00510. The molecule has 0 aliphatic carbocycles. The number of carbonyl (C=O) groups is 1. The Labute approximate surface area is 137 Å². The molecule has 1 aliphatic heterocycles. The first-order valence-electron chi connectivity index (χ1n) is 8.22. The summed E-state index contributed by atoms with van der Waals surface area (Å²) in [4.78, 5) is 12.3. The molecule has 0 radical (unpaired) electrons. The number of rotatable bonds is 5. The van der Waals surface area contributed by atoms with E-state index < -0.39 is 0 Å². The number of hydrogen-bond acceptors (Lipinski definition) is 3. The van der Waals surface area contributed by atoms with Gasteiger partial charge < -0.3 is 19.9 Å². The fraction of sp³-hybridized carbons (Fsp3) is 0.500. The molecule has 23 heavy (non-hydrogen) atoms. The van der Waals surface area contributed by atoms with Crippen LogP contribution in [0.5, 0.6) is 0 Å². The van der Waals surface area contributed by atoms with Crippen molar-refractivity contribution in [3.63, 3.8) is 0 Å². The average Bonchev–Trinajstić information content (AvgIpc) is 3.14. The third-order valence-electron chi connectivity index (χ3n) is 4.34. The zero-order chi connectivity index (χ0) is 16.4. The number of carbonyl (C=O) groups excluding carboxylic acids is 1. The van der Waals surface area contributed by atoms with E-state index in [1.54, 1.807) is 7.11 Å². The second kappa shape index (κ2) is 6.72. The SMILES string of the molecule is CO[C@@H]1CN[C@@H](C(=O)Nc2ccc3c(ccn3CC(C)C)c2)C1. The summed E-state index contributed by atoms with van der Waals surface area (Å²) in [7, 11) is 1.68. The highest BCUT2D eigenvalue weighted by Crippen LogP contribution is 2.22. The van der Waals surface area contributed by atoms with Crippen LogP contribution in [0, 0.1) is 5.92 Å². The van der Waals surface area contributed by atoms with Gasteiger partial charge in [-0.2, -0.15) is 0 Å². The Hall–Kier alpha value is -1.85. The van der Waals surface area contributed by atoms with Crippen molar-refractivity contribution in [2.75, 3.05) is 19.0 Å². The first kappa shape index (κ1) is 16.0. The van der Waals surface area contributed by atoms with Gasteiger partial charge in [0.25, 0.3) is 0 Å². The molecule has 2 atom stereocenters. The molecule has 3 rings (SSSR count). The lowest BCUT2D eigenvalue weighted by Gasteiger charge is -2.12. The molecule has 0 bridgehead atoms. The van der Waals surface area contributed by atoms with Crippen LogP contribution in [0.1, 0.15) is 20.3 Å². The molecule has 1 aromatic heterocycles. The van der Waals surface area contributed by atoms with E-state index in [1.165, 1.54) is 5.52 Å². The van der Waals surface area contributed by atoms with Crippen molar-refractivity contribution < 1.29 is 9.53 Å². The topological polar surface area (TPSA) is 55.3 Å². The van der Waals surface area contributed by atoms with Crippen LogP contribution in [0.3, 0.4) is 0 Å². The van der Waals surface area contributed by atoms with Crippen LogP contribution in [0.2, 0.25) is 0 Å². The molecule has 0 unspecified atom stereocenters. The largest absolute Gasteiger partial charge is 0.380 e. The number of fused-ring (bicyclic) bond motifs is 1. The van der Waals surface area contributed by atoms with E-state index in [2.05, 4.69) is 47.4 Å². The van der Waals surface area contributed by atoms with Crippen molar-refractivity contribution in [1.29, 1.82) is 0 Å². The van der Waals surface area contributed by atoms with Gasteiger partial charge in [-0.25, -0.2) is 0 Å². The summed E-state index contributed by atoms with van der Waals surface area (Å²) < 4.78 is 7.55. The van der Waals surface area contributed by atoms with Gasteiger partial charge in [-0.3, -0.25) is 4.79 Å². The predicted octanol–water partition coefficient (Wildman–Crippen LogP) is 2.61. The molecule has 5 heteroatoms. The first-order valence-corrected chi connectivity index (χ1v) is 8.22. The van der Waals surface area contributed by atoms with Crippen LogP contribution in [0.15, 0.2) is 30.5 Å². The summed E-state index contributed by atoms with van der Waals surface area (Å²) in [6.45, 7) is 6.15. The summed E-state index contributed by atoms with van der Waals surface area (Å²) in [5, 5.41) is 7.35. The van der Waals surface area contributed by atoms with Gasteiger partial charge in [-0.05, 0) is 36.6 Å². The summed E-state index contributed by atoms with van der Waals surface area (Å²) in [5.41, 5.74) is 2.04. The van der Waals surface area contributed by atoms with Crippen molar-refractivity contribution in [2.24, 2.45) is 5.92 Å². The standard InChI is InChI=1S/C18H25N3O2/c1-12(2)11-21-7-6-13-8-14(4-5-17(13)21)20-18(22)16-9-15(23-3)10-19-16/h4-8,12,15-16,19H,9-11H2,1-3H3,(H,20,22)/t15-,16+/m0/s1. The summed E-state index contributed by atoms with van der Waals surface area (Å²) in [6.07, 6.45) is 2.95. The van der Waals surface area contributed by atoms with Crippen LogP contribution in [0.4, 0.5) is 5.69 Å². The fourth-order valence-electron chi connectivity index (χ4n) is 3.14. The normalized spacial score (nSPS) is 21.2. The molecular weight excluding hydrogens is 290 g/mol. The summed E-state index contributed by atoms with van der Waals surface area (Å²) in [5.74, 6) is 0.609. The van der Waals surface area contributed by atoms with Gasteiger partial charge in [0, 0.05) is 43.0 Å². The van der Waals surface area contributed by atoms with E-state index in [0.717, 1.165) is 30.6 Å². The van der Waals surface area contributed by atoms with Gasteiger partial charge in [0.2, 0.25) is 5.91 Å². The lowest BCUT2D eigenvalue weighted by Crippen LogP contribution is -2.35. The third kappa shape index (κ3) is 3.57. The molecule has 2 aromatic rings. The lowest BCUT2D eigenvalue weighted by atomic mass is 10.1. The number of benzene rings is 1. The van der Waals surface area contributed by atoms with Gasteiger partial charge in [0.05, 0.1) is 12.1 Å². The number of amides is 1.